The van der Waals surface area contributed by atoms with Gasteiger partial charge in [-0.25, -0.2) is 14.6 Å². The van der Waals surface area contributed by atoms with Crippen molar-refractivity contribution in [2.75, 3.05) is 13.7 Å². The molecule has 144 valence electrons. The van der Waals surface area contributed by atoms with Gasteiger partial charge in [0, 0.05) is 12.2 Å². The van der Waals surface area contributed by atoms with Crippen molar-refractivity contribution >= 4 is 35.0 Å². The number of rotatable bonds is 8. The highest BCUT2D eigenvalue weighted by Gasteiger charge is 2.26. The van der Waals surface area contributed by atoms with Crippen LogP contribution in [0, 0.1) is 5.92 Å². The number of fused-ring (bicyclic) bond motifs is 1. The van der Waals surface area contributed by atoms with Crippen molar-refractivity contribution < 1.29 is 28.3 Å². The van der Waals surface area contributed by atoms with Crippen LogP contribution >= 0.6 is 0 Å². The quantitative estimate of drug-likeness (QED) is 0.557. The number of hydrogen-bond donors (Lipinski definition) is 1. The van der Waals surface area contributed by atoms with Crippen LogP contribution < -0.4 is 5.32 Å². The Morgan fingerprint density at radius 1 is 1.30 bits per heavy atom. The number of esters is 2. The summed E-state index contributed by atoms with van der Waals surface area (Å²) in [6, 6.07) is 6.40. The van der Waals surface area contributed by atoms with Crippen LogP contribution in [0.5, 0.6) is 0 Å². The highest BCUT2D eigenvalue weighted by Crippen LogP contribution is 2.15. The molecule has 2 rings (SSSR count). The van der Waals surface area contributed by atoms with E-state index in [1.165, 1.54) is 13.2 Å². The van der Waals surface area contributed by atoms with Gasteiger partial charge in [-0.15, -0.1) is 0 Å². The molecule has 0 aliphatic heterocycles. The van der Waals surface area contributed by atoms with Crippen LogP contribution in [0.1, 0.15) is 26.2 Å². The summed E-state index contributed by atoms with van der Waals surface area (Å²) < 4.78 is 15.0. The molecule has 8 heteroatoms. The molecule has 0 aliphatic carbocycles. The second-order valence-corrected chi connectivity index (χ2v) is 5.91. The fraction of sp³-hybridized carbons (Fsp3) is 0.368. The van der Waals surface area contributed by atoms with Crippen LogP contribution in [0.15, 0.2) is 34.8 Å². The Labute approximate surface area is 156 Å². The Morgan fingerprint density at radius 3 is 2.70 bits per heavy atom. The second-order valence-electron chi connectivity index (χ2n) is 5.91. The molecule has 2 aromatic rings. The molecule has 0 bridgehead atoms. The van der Waals surface area contributed by atoms with Crippen LogP contribution in [-0.2, 0) is 23.9 Å². The van der Waals surface area contributed by atoms with Crippen molar-refractivity contribution in [1.82, 2.24) is 10.3 Å². The summed E-state index contributed by atoms with van der Waals surface area (Å²) in [6.45, 7) is 3.20. The number of nitrogens with zero attached hydrogens (tertiary/aromatic N) is 1. The lowest BCUT2D eigenvalue weighted by Crippen LogP contribution is -2.47. The Bertz CT molecular complexity index is 809. The minimum absolute atomic E-state index is 0.115. The first-order valence-corrected chi connectivity index (χ1v) is 8.52. The van der Waals surface area contributed by atoms with Gasteiger partial charge in [-0.3, -0.25) is 4.79 Å². The summed E-state index contributed by atoms with van der Waals surface area (Å²) >= 11 is 0. The Hall–Kier alpha value is -3.16. The van der Waals surface area contributed by atoms with Crippen LogP contribution in [0.2, 0.25) is 0 Å². The minimum atomic E-state index is -0.790. The van der Waals surface area contributed by atoms with E-state index in [1.807, 2.05) is 26.0 Å². The summed E-state index contributed by atoms with van der Waals surface area (Å²) in [5.41, 5.74) is 1.27. The van der Waals surface area contributed by atoms with E-state index in [0.29, 0.717) is 17.5 Å². The molecule has 1 amide bonds. The predicted octanol–water partition coefficient (Wildman–Crippen LogP) is 2.09. The van der Waals surface area contributed by atoms with E-state index in [-0.39, 0.29) is 11.8 Å². The monoisotopic (exact) mass is 374 g/mol. The third kappa shape index (κ3) is 5.67. The number of carbonyl (C=O) groups is 3. The Morgan fingerprint density at radius 2 is 2.04 bits per heavy atom. The summed E-state index contributed by atoms with van der Waals surface area (Å²) in [5, 5.41) is 2.52. The summed E-state index contributed by atoms with van der Waals surface area (Å²) in [7, 11) is 1.25. The fourth-order valence-electron chi connectivity index (χ4n) is 2.30. The molecular weight excluding hydrogens is 352 g/mol. The average molecular weight is 374 g/mol. The molecule has 0 radical (unpaired) electrons. The number of ether oxygens (including phenoxy) is 2. The number of amides is 1. The van der Waals surface area contributed by atoms with E-state index >= 15 is 0 Å². The molecule has 0 spiro atoms. The zero-order chi connectivity index (χ0) is 19.8. The standard InChI is InChI=1S/C19H22N2O6/c1-4-12(2)18(19(24)25-3)21-15(22)11-26-17(23)10-9-16-20-13-7-5-6-8-14(13)27-16/h5-10,12,18H,4,11H2,1-3H3,(H,21,22)/b10-9+/t12-,18-/m0/s1. The van der Waals surface area contributed by atoms with Gasteiger partial charge in [-0.1, -0.05) is 32.4 Å². The average Bonchev–Trinajstić information content (AvgIpc) is 3.10. The van der Waals surface area contributed by atoms with Crippen molar-refractivity contribution in [3.63, 3.8) is 0 Å². The maximum absolute atomic E-state index is 11.9. The van der Waals surface area contributed by atoms with E-state index in [1.54, 1.807) is 12.1 Å². The summed E-state index contributed by atoms with van der Waals surface area (Å²) in [5.74, 6) is -1.73. The molecule has 1 aromatic carbocycles. The lowest BCUT2D eigenvalue weighted by Gasteiger charge is -2.21. The number of hydrogen-bond acceptors (Lipinski definition) is 7. The normalized spacial score (nSPS) is 13.3. The van der Waals surface area contributed by atoms with Crippen molar-refractivity contribution in [1.29, 1.82) is 0 Å². The van der Waals surface area contributed by atoms with Crippen molar-refractivity contribution in [2.45, 2.75) is 26.3 Å². The van der Waals surface area contributed by atoms with E-state index in [0.717, 1.165) is 6.08 Å². The van der Waals surface area contributed by atoms with Crippen LogP contribution in [0.25, 0.3) is 17.2 Å². The molecule has 0 unspecified atom stereocenters. The fourth-order valence-corrected chi connectivity index (χ4v) is 2.30. The molecule has 1 heterocycles. The van der Waals surface area contributed by atoms with Gasteiger partial charge < -0.3 is 19.2 Å². The number of methoxy groups -OCH3 is 1. The van der Waals surface area contributed by atoms with Gasteiger partial charge in [-0.2, -0.15) is 0 Å². The highest BCUT2D eigenvalue weighted by atomic mass is 16.5. The summed E-state index contributed by atoms with van der Waals surface area (Å²) in [6.07, 6.45) is 3.15. The van der Waals surface area contributed by atoms with Gasteiger partial charge in [-0.05, 0) is 18.1 Å². The highest BCUT2D eigenvalue weighted by molar-refractivity contribution is 5.90. The molecule has 2 atom stereocenters. The van der Waals surface area contributed by atoms with Crippen molar-refractivity contribution in [3.05, 3.63) is 36.2 Å². The first kappa shape index (κ1) is 20.2. The third-order valence-electron chi connectivity index (χ3n) is 4.00. The topological polar surface area (TPSA) is 108 Å². The number of benzene rings is 1. The van der Waals surface area contributed by atoms with Crippen LogP contribution in [0.3, 0.4) is 0 Å². The molecule has 1 N–H and O–H groups in total. The van der Waals surface area contributed by atoms with Gasteiger partial charge in [0.15, 0.2) is 12.2 Å². The SMILES string of the molecule is CC[C@H](C)[C@H](NC(=O)COC(=O)/C=C/c1nc2ccccc2o1)C(=O)OC. The number of nitrogens with one attached hydrogen (secondary N) is 1. The first-order chi connectivity index (χ1) is 12.9. The first-order valence-electron chi connectivity index (χ1n) is 8.52. The minimum Gasteiger partial charge on any atom is -0.467 e. The zero-order valence-corrected chi connectivity index (χ0v) is 15.4. The number of aromatic nitrogens is 1. The van der Waals surface area contributed by atoms with Gasteiger partial charge in [0.25, 0.3) is 5.91 Å². The zero-order valence-electron chi connectivity index (χ0n) is 15.4. The van der Waals surface area contributed by atoms with Gasteiger partial charge in [0.05, 0.1) is 7.11 Å². The molecule has 0 saturated heterocycles. The lowest BCUT2D eigenvalue weighted by atomic mass is 9.99. The maximum atomic E-state index is 11.9. The van der Waals surface area contributed by atoms with Gasteiger partial charge in [0.2, 0.25) is 5.89 Å². The molecular formula is C19H22N2O6. The molecule has 1 aromatic heterocycles. The van der Waals surface area contributed by atoms with Crippen LogP contribution in [0.4, 0.5) is 0 Å². The second kappa shape index (κ2) is 9.51. The maximum Gasteiger partial charge on any atom is 0.331 e. The molecule has 8 nitrogen and oxygen atoms in total. The number of oxazole rings is 1. The number of carbonyl (C=O) groups excluding carboxylic acids is 3. The van der Waals surface area contributed by atoms with Crippen molar-refractivity contribution in [2.24, 2.45) is 5.92 Å². The molecule has 0 aliphatic rings. The van der Waals surface area contributed by atoms with Gasteiger partial charge >= 0.3 is 11.9 Å². The summed E-state index contributed by atoms with van der Waals surface area (Å²) in [4.78, 5) is 39.6. The largest absolute Gasteiger partial charge is 0.467 e. The van der Waals surface area contributed by atoms with E-state index < -0.39 is 30.5 Å². The smallest absolute Gasteiger partial charge is 0.331 e. The van der Waals surface area contributed by atoms with E-state index in [9.17, 15) is 14.4 Å². The number of para-hydroxylation sites is 2. The Balaban J connectivity index is 1.86. The third-order valence-corrected chi connectivity index (χ3v) is 4.00. The molecule has 0 fully saturated rings. The molecule has 0 saturated carbocycles. The Kier molecular flexibility index (Phi) is 7.10. The van der Waals surface area contributed by atoms with Crippen molar-refractivity contribution in [3.8, 4) is 0 Å². The molecule has 27 heavy (non-hydrogen) atoms. The van der Waals surface area contributed by atoms with Gasteiger partial charge in [0.1, 0.15) is 11.6 Å². The van der Waals surface area contributed by atoms with Crippen LogP contribution in [-0.4, -0.2) is 42.6 Å². The lowest BCUT2D eigenvalue weighted by molar-refractivity contribution is -0.148. The predicted molar refractivity (Wildman–Crippen MR) is 97.4 cm³/mol. The van der Waals surface area contributed by atoms with E-state index in [4.69, 9.17) is 9.15 Å². The van der Waals surface area contributed by atoms with E-state index in [2.05, 4.69) is 15.0 Å².